The quantitative estimate of drug-likeness (QED) is 0.377. The third-order valence-electron chi connectivity index (χ3n) is 5.18. The molecule has 0 radical (unpaired) electrons. The summed E-state index contributed by atoms with van der Waals surface area (Å²) in [5.41, 5.74) is -3.08. The van der Waals surface area contributed by atoms with Gasteiger partial charge in [-0.1, -0.05) is 6.58 Å². The van der Waals surface area contributed by atoms with Gasteiger partial charge < -0.3 is 9.64 Å². The maximum absolute atomic E-state index is 13.8. The van der Waals surface area contributed by atoms with Crippen molar-refractivity contribution >= 4 is 12.1 Å². The lowest BCUT2D eigenvalue weighted by atomic mass is 10.0. The second kappa shape index (κ2) is 10.4. The van der Waals surface area contributed by atoms with Crippen molar-refractivity contribution in [2.75, 3.05) is 13.2 Å². The molecule has 0 saturated heterocycles. The number of ether oxygens (including phenoxy) is 1. The van der Waals surface area contributed by atoms with Gasteiger partial charge in [0.25, 0.3) is 5.91 Å². The number of amides is 1. The van der Waals surface area contributed by atoms with Crippen LogP contribution in [0.15, 0.2) is 49.4 Å². The molecule has 3 heterocycles. The van der Waals surface area contributed by atoms with Gasteiger partial charge in [-0.2, -0.15) is 31.4 Å². The number of hydrogen-bond donors (Lipinski definition) is 0. The fraction of sp³-hybridized carbons (Fsp3) is 0.304. The second-order valence-electron chi connectivity index (χ2n) is 7.58. The minimum absolute atomic E-state index is 0.0856. The highest BCUT2D eigenvalue weighted by molar-refractivity contribution is 5.99. The Morgan fingerprint density at radius 3 is 2.39 bits per heavy atom. The zero-order valence-electron chi connectivity index (χ0n) is 19.1. The molecule has 0 N–H and O–H groups in total. The molecule has 1 amide bonds. The number of alkyl halides is 6. The number of likely N-dealkylation sites (N-methyl/N-ethyl adjacent to an activating group) is 1. The highest BCUT2D eigenvalue weighted by Gasteiger charge is 2.38. The first-order chi connectivity index (χ1) is 16.9. The van der Waals surface area contributed by atoms with Crippen LogP contribution in [0.2, 0.25) is 0 Å². The molecular weight excluding hydrogens is 492 g/mol. The third kappa shape index (κ3) is 5.83. The number of halogens is 6. The van der Waals surface area contributed by atoms with E-state index in [1.807, 2.05) is 0 Å². The fourth-order valence-corrected chi connectivity index (χ4v) is 3.41. The van der Waals surface area contributed by atoms with Crippen molar-refractivity contribution in [3.63, 3.8) is 0 Å². The zero-order valence-corrected chi connectivity index (χ0v) is 19.1. The van der Waals surface area contributed by atoms with Crippen molar-refractivity contribution in [3.05, 3.63) is 66.3 Å². The second-order valence-corrected chi connectivity index (χ2v) is 7.58. The lowest BCUT2D eigenvalue weighted by molar-refractivity contribution is -0.138. The summed E-state index contributed by atoms with van der Waals surface area (Å²) >= 11 is 0. The van der Waals surface area contributed by atoms with Gasteiger partial charge in [0, 0.05) is 43.0 Å². The standard InChI is InChI=1S/C23H21F6N5O2/c1-4-33-11-9-17(32-33)19-16(23(27,28)29)8-10-30-20(19)21(35)34(5-2)14(3)13-36-18-7-6-15(12-31-18)22(24,25)26/h4,6-12,14H,1,5,13H2,2-3H3/t14-/m0/s1. The highest BCUT2D eigenvalue weighted by Crippen LogP contribution is 2.38. The minimum Gasteiger partial charge on any atom is -0.475 e. The maximum Gasteiger partial charge on any atom is 0.417 e. The summed E-state index contributed by atoms with van der Waals surface area (Å²) in [4.78, 5) is 22.2. The van der Waals surface area contributed by atoms with E-state index in [2.05, 4.69) is 21.6 Å². The normalized spacial score (nSPS) is 12.8. The average molecular weight is 513 g/mol. The number of carbonyl (C=O) groups is 1. The SMILES string of the molecule is C=Cn1ccc(-c2c(C(F)(F)F)ccnc2C(=O)N(CC)[C@@H](C)COc2ccc(C(F)(F)F)cn2)n1. The lowest BCUT2D eigenvalue weighted by Gasteiger charge is -2.28. The first-order valence-electron chi connectivity index (χ1n) is 10.6. The summed E-state index contributed by atoms with van der Waals surface area (Å²) in [6, 6.07) is 3.22. The topological polar surface area (TPSA) is 73.1 Å². The van der Waals surface area contributed by atoms with Gasteiger partial charge in [-0.05, 0) is 32.0 Å². The Hall–Kier alpha value is -3.90. The third-order valence-corrected chi connectivity index (χ3v) is 5.18. The van der Waals surface area contributed by atoms with Crippen molar-refractivity contribution in [2.45, 2.75) is 32.2 Å². The Balaban J connectivity index is 1.89. The molecular formula is C23H21F6N5O2. The van der Waals surface area contributed by atoms with Crippen LogP contribution in [-0.4, -0.2) is 49.7 Å². The first kappa shape index (κ1) is 26.7. The van der Waals surface area contributed by atoms with Crippen molar-refractivity contribution in [1.29, 1.82) is 0 Å². The van der Waals surface area contributed by atoms with E-state index in [1.54, 1.807) is 13.8 Å². The molecule has 0 aliphatic carbocycles. The molecule has 0 fully saturated rings. The predicted molar refractivity (Wildman–Crippen MR) is 118 cm³/mol. The summed E-state index contributed by atoms with van der Waals surface area (Å²) in [5.74, 6) is -0.908. The van der Waals surface area contributed by atoms with E-state index in [0.29, 0.717) is 6.20 Å². The van der Waals surface area contributed by atoms with Crippen LogP contribution in [0.3, 0.4) is 0 Å². The van der Waals surface area contributed by atoms with Gasteiger partial charge >= 0.3 is 12.4 Å². The molecule has 36 heavy (non-hydrogen) atoms. The zero-order chi connectivity index (χ0) is 26.7. The van der Waals surface area contributed by atoms with Gasteiger partial charge in [-0.3, -0.25) is 9.78 Å². The van der Waals surface area contributed by atoms with E-state index in [-0.39, 0.29) is 24.7 Å². The average Bonchev–Trinajstić information content (AvgIpc) is 3.31. The molecule has 192 valence electrons. The number of pyridine rings is 2. The smallest absolute Gasteiger partial charge is 0.417 e. The number of nitrogens with zero attached hydrogens (tertiary/aromatic N) is 5. The number of hydrogen-bond acceptors (Lipinski definition) is 5. The van der Waals surface area contributed by atoms with Crippen LogP contribution in [0.1, 0.15) is 35.5 Å². The van der Waals surface area contributed by atoms with Gasteiger partial charge in [0.15, 0.2) is 0 Å². The fourth-order valence-electron chi connectivity index (χ4n) is 3.41. The maximum atomic E-state index is 13.8. The Morgan fingerprint density at radius 2 is 1.86 bits per heavy atom. The van der Waals surface area contributed by atoms with Gasteiger partial charge in [-0.25, -0.2) is 9.67 Å². The Labute approximate surface area is 202 Å². The van der Waals surface area contributed by atoms with E-state index >= 15 is 0 Å². The molecule has 0 spiro atoms. The molecule has 0 bridgehead atoms. The van der Waals surface area contributed by atoms with Crippen molar-refractivity contribution in [3.8, 4) is 17.1 Å². The molecule has 0 saturated carbocycles. The molecule has 0 aromatic carbocycles. The van der Waals surface area contributed by atoms with Crippen LogP contribution < -0.4 is 4.74 Å². The molecule has 3 aromatic heterocycles. The molecule has 3 rings (SSSR count). The highest BCUT2D eigenvalue weighted by atomic mass is 19.4. The van der Waals surface area contributed by atoms with E-state index in [1.165, 1.54) is 28.0 Å². The number of rotatable bonds is 8. The Morgan fingerprint density at radius 1 is 1.14 bits per heavy atom. The molecule has 0 aliphatic rings. The summed E-state index contributed by atoms with van der Waals surface area (Å²) in [6.07, 6.45) is -5.17. The van der Waals surface area contributed by atoms with Crippen molar-refractivity contribution in [1.82, 2.24) is 24.6 Å². The van der Waals surface area contributed by atoms with E-state index in [4.69, 9.17) is 4.74 Å². The molecule has 3 aromatic rings. The van der Waals surface area contributed by atoms with Crippen LogP contribution in [0.25, 0.3) is 17.5 Å². The monoisotopic (exact) mass is 513 g/mol. The lowest BCUT2D eigenvalue weighted by Crippen LogP contribution is -2.42. The van der Waals surface area contributed by atoms with Gasteiger partial charge in [0.05, 0.1) is 22.9 Å². The summed E-state index contributed by atoms with van der Waals surface area (Å²) in [5, 5.41) is 4.02. The molecule has 1 atom stereocenters. The van der Waals surface area contributed by atoms with Gasteiger partial charge in [0.2, 0.25) is 5.88 Å². The van der Waals surface area contributed by atoms with Crippen molar-refractivity contribution in [2.24, 2.45) is 0 Å². The van der Waals surface area contributed by atoms with Crippen LogP contribution in [0, 0.1) is 0 Å². The minimum atomic E-state index is -4.79. The number of carbonyl (C=O) groups excluding carboxylic acids is 1. The van der Waals surface area contributed by atoms with Crippen LogP contribution in [0.4, 0.5) is 26.3 Å². The molecule has 0 unspecified atom stereocenters. The van der Waals surface area contributed by atoms with Crippen molar-refractivity contribution < 1.29 is 35.9 Å². The predicted octanol–water partition coefficient (Wildman–Crippen LogP) is 5.41. The van der Waals surface area contributed by atoms with Crippen LogP contribution >= 0.6 is 0 Å². The van der Waals surface area contributed by atoms with E-state index in [0.717, 1.165) is 24.4 Å². The summed E-state index contributed by atoms with van der Waals surface area (Å²) in [6.45, 7) is 6.60. The Bertz CT molecular complexity index is 1220. The van der Waals surface area contributed by atoms with Crippen LogP contribution in [0.5, 0.6) is 5.88 Å². The van der Waals surface area contributed by atoms with Gasteiger partial charge in [-0.15, -0.1) is 0 Å². The molecule has 13 heteroatoms. The van der Waals surface area contributed by atoms with Gasteiger partial charge in [0.1, 0.15) is 12.3 Å². The van der Waals surface area contributed by atoms with E-state index in [9.17, 15) is 31.1 Å². The Kier molecular flexibility index (Phi) is 7.70. The summed E-state index contributed by atoms with van der Waals surface area (Å²) < 4.78 is 86.2. The van der Waals surface area contributed by atoms with E-state index < -0.39 is 46.7 Å². The number of aromatic nitrogens is 4. The largest absolute Gasteiger partial charge is 0.475 e. The molecule has 7 nitrogen and oxygen atoms in total. The molecule has 0 aliphatic heterocycles. The first-order valence-corrected chi connectivity index (χ1v) is 10.6. The summed E-state index contributed by atoms with van der Waals surface area (Å²) in [7, 11) is 0. The van der Waals surface area contributed by atoms with Crippen LogP contribution in [-0.2, 0) is 12.4 Å².